The Kier molecular flexibility index (Phi) is 4.63. The molecule has 0 radical (unpaired) electrons. The number of nitro benzene ring substituents is 1. The summed E-state index contributed by atoms with van der Waals surface area (Å²) < 4.78 is 6.34. The van der Waals surface area contributed by atoms with Crippen molar-refractivity contribution in [2.45, 2.75) is 27.4 Å². The van der Waals surface area contributed by atoms with Crippen LogP contribution in [0.3, 0.4) is 0 Å². The average molecular weight is 350 g/mol. The van der Waals surface area contributed by atoms with Crippen molar-refractivity contribution in [2.75, 3.05) is 0 Å². The van der Waals surface area contributed by atoms with Gasteiger partial charge in [0.15, 0.2) is 0 Å². The molecule has 0 heterocycles. The standard InChI is InChI=1S/C16H16BrNO3/c1-10-4-5-11(2)16(12(10)3)21-9-13-6-7-14(17)15(8-13)18(19)20/h4-8H,9H2,1-3H3. The maximum absolute atomic E-state index is 10.9. The van der Waals surface area contributed by atoms with E-state index in [1.165, 1.54) is 6.07 Å². The van der Waals surface area contributed by atoms with Gasteiger partial charge >= 0.3 is 0 Å². The number of aryl methyl sites for hydroxylation is 2. The Morgan fingerprint density at radius 1 is 1.14 bits per heavy atom. The summed E-state index contributed by atoms with van der Waals surface area (Å²) in [5.41, 5.74) is 4.14. The van der Waals surface area contributed by atoms with Gasteiger partial charge in [0.25, 0.3) is 5.69 Å². The van der Waals surface area contributed by atoms with Crippen molar-refractivity contribution in [1.82, 2.24) is 0 Å². The van der Waals surface area contributed by atoms with E-state index in [0.717, 1.165) is 28.0 Å². The lowest BCUT2D eigenvalue weighted by Gasteiger charge is -2.14. The Bertz CT molecular complexity index is 698. The summed E-state index contributed by atoms with van der Waals surface area (Å²) in [4.78, 5) is 10.5. The van der Waals surface area contributed by atoms with Crippen LogP contribution in [-0.4, -0.2) is 4.92 Å². The van der Waals surface area contributed by atoms with E-state index < -0.39 is 4.92 Å². The van der Waals surface area contributed by atoms with E-state index in [9.17, 15) is 10.1 Å². The van der Waals surface area contributed by atoms with E-state index in [1.54, 1.807) is 6.07 Å². The molecule has 0 aliphatic rings. The van der Waals surface area contributed by atoms with Crippen LogP contribution >= 0.6 is 15.9 Å². The van der Waals surface area contributed by atoms with E-state index in [-0.39, 0.29) is 5.69 Å². The van der Waals surface area contributed by atoms with Gasteiger partial charge in [0.1, 0.15) is 12.4 Å². The summed E-state index contributed by atoms with van der Waals surface area (Å²) in [5, 5.41) is 10.9. The number of hydrogen-bond donors (Lipinski definition) is 0. The topological polar surface area (TPSA) is 52.4 Å². The molecule has 0 spiro atoms. The van der Waals surface area contributed by atoms with Gasteiger partial charge in [0.2, 0.25) is 0 Å². The number of benzene rings is 2. The van der Waals surface area contributed by atoms with Crippen molar-refractivity contribution < 1.29 is 9.66 Å². The van der Waals surface area contributed by atoms with E-state index in [2.05, 4.69) is 22.0 Å². The molecule has 21 heavy (non-hydrogen) atoms. The molecular weight excluding hydrogens is 334 g/mol. The van der Waals surface area contributed by atoms with Crippen LogP contribution < -0.4 is 4.74 Å². The molecule has 0 aliphatic carbocycles. The average Bonchev–Trinajstić information content (AvgIpc) is 2.44. The molecule has 110 valence electrons. The number of halogens is 1. The van der Waals surface area contributed by atoms with Crippen LogP contribution in [-0.2, 0) is 6.61 Å². The Labute approximate surface area is 132 Å². The third-order valence-electron chi connectivity index (χ3n) is 3.46. The predicted molar refractivity (Wildman–Crippen MR) is 85.8 cm³/mol. The van der Waals surface area contributed by atoms with Gasteiger partial charge in [-0.25, -0.2) is 0 Å². The lowest BCUT2D eigenvalue weighted by Crippen LogP contribution is -2.01. The molecule has 0 aromatic heterocycles. The van der Waals surface area contributed by atoms with E-state index in [1.807, 2.05) is 32.9 Å². The third-order valence-corrected chi connectivity index (χ3v) is 4.13. The normalized spacial score (nSPS) is 10.5. The summed E-state index contributed by atoms with van der Waals surface area (Å²) in [7, 11) is 0. The van der Waals surface area contributed by atoms with Crippen molar-refractivity contribution in [1.29, 1.82) is 0 Å². The highest BCUT2D eigenvalue weighted by Crippen LogP contribution is 2.29. The molecule has 2 rings (SSSR count). The molecule has 5 heteroatoms. The second-order valence-corrected chi connectivity index (χ2v) is 5.84. The van der Waals surface area contributed by atoms with Gasteiger partial charge in [-0.1, -0.05) is 18.2 Å². The first-order valence-electron chi connectivity index (χ1n) is 6.52. The lowest BCUT2D eigenvalue weighted by molar-refractivity contribution is -0.385. The zero-order chi connectivity index (χ0) is 15.6. The Morgan fingerprint density at radius 2 is 1.81 bits per heavy atom. The van der Waals surface area contributed by atoms with Crippen LogP contribution in [0.1, 0.15) is 22.3 Å². The van der Waals surface area contributed by atoms with Gasteiger partial charge in [-0.15, -0.1) is 0 Å². The molecule has 0 saturated heterocycles. The summed E-state index contributed by atoms with van der Waals surface area (Å²) in [6.45, 7) is 6.35. The molecule has 0 atom stereocenters. The molecule has 0 amide bonds. The second-order valence-electron chi connectivity index (χ2n) is 4.99. The SMILES string of the molecule is Cc1ccc(C)c(OCc2ccc(Br)c([N+](=O)[O-])c2)c1C. The predicted octanol–water partition coefficient (Wildman–Crippen LogP) is 4.86. The van der Waals surface area contributed by atoms with Crippen LogP contribution in [0.5, 0.6) is 5.75 Å². The van der Waals surface area contributed by atoms with E-state index in [0.29, 0.717) is 11.1 Å². The Balaban J connectivity index is 2.23. The highest BCUT2D eigenvalue weighted by molar-refractivity contribution is 9.10. The maximum Gasteiger partial charge on any atom is 0.283 e. The molecule has 2 aromatic carbocycles. The molecule has 0 saturated carbocycles. The van der Waals surface area contributed by atoms with Gasteiger partial charge < -0.3 is 4.74 Å². The summed E-state index contributed by atoms with van der Waals surface area (Å²) in [6.07, 6.45) is 0. The highest BCUT2D eigenvalue weighted by atomic mass is 79.9. The van der Waals surface area contributed by atoms with Gasteiger partial charge in [-0.3, -0.25) is 10.1 Å². The number of hydrogen-bond acceptors (Lipinski definition) is 3. The van der Waals surface area contributed by atoms with Crippen molar-refractivity contribution in [3.05, 3.63) is 67.2 Å². The Hall–Kier alpha value is -1.88. The van der Waals surface area contributed by atoms with Gasteiger partial charge in [-0.2, -0.15) is 0 Å². The molecule has 2 aromatic rings. The quantitative estimate of drug-likeness (QED) is 0.584. The van der Waals surface area contributed by atoms with Crippen LogP contribution in [0.25, 0.3) is 0 Å². The molecule has 0 bridgehead atoms. The summed E-state index contributed by atoms with van der Waals surface area (Å²) in [6, 6.07) is 9.10. The first-order valence-corrected chi connectivity index (χ1v) is 7.32. The molecule has 0 N–H and O–H groups in total. The first kappa shape index (κ1) is 15.5. The van der Waals surface area contributed by atoms with Gasteiger partial charge in [0.05, 0.1) is 9.40 Å². The van der Waals surface area contributed by atoms with E-state index >= 15 is 0 Å². The second kappa shape index (κ2) is 6.26. The Morgan fingerprint density at radius 3 is 2.48 bits per heavy atom. The summed E-state index contributed by atoms with van der Waals surface area (Å²) in [5.74, 6) is 0.848. The molecule has 0 aliphatic heterocycles. The fourth-order valence-corrected chi connectivity index (χ4v) is 2.48. The molecule has 0 unspecified atom stereocenters. The van der Waals surface area contributed by atoms with Crippen molar-refractivity contribution in [2.24, 2.45) is 0 Å². The van der Waals surface area contributed by atoms with Crippen LogP contribution in [0, 0.1) is 30.9 Å². The zero-order valence-corrected chi connectivity index (χ0v) is 13.7. The van der Waals surface area contributed by atoms with Crippen LogP contribution in [0.2, 0.25) is 0 Å². The zero-order valence-electron chi connectivity index (χ0n) is 12.1. The maximum atomic E-state index is 10.9. The van der Waals surface area contributed by atoms with Crippen molar-refractivity contribution in [3.8, 4) is 5.75 Å². The van der Waals surface area contributed by atoms with Gasteiger partial charge in [-0.05, 0) is 65.0 Å². The number of nitro groups is 1. The number of nitrogens with zero attached hydrogens (tertiary/aromatic N) is 1. The largest absolute Gasteiger partial charge is 0.488 e. The van der Waals surface area contributed by atoms with Crippen LogP contribution in [0.15, 0.2) is 34.8 Å². The van der Waals surface area contributed by atoms with Gasteiger partial charge in [0, 0.05) is 6.07 Å². The molecular formula is C16H16BrNO3. The fourth-order valence-electron chi connectivity index (χ4n) is 2.09. The minimum Gasteiger partial charge on any atom is -0.488 e. The highest BCUT2D eigenvalue weighted by Gasteiger charge is 2.13. The fraction of sp³-hybridized carbons (Fsp3) is 0.250. The third kappa shape index (κ3) is 3.42. The number of ether oxygens (including phenoxy) is 1. The van der Waals surface area contributed by atoms with Crippen molar-refractivity contribution >= 4 is 21.6 Å². The van der Waals surface area contributed by atoms with E-state index in [4.69, 9.17) is 4.74 Å². The minimum absolute atomic E-state index is 0.0498. The monoisotopic (exact) mass is 349 g/mol. The first-order chi connectivity index (χ1) is 9.90. The minimum atomic E-state index is -0.406. The lowest BCUT2D eigenvalue weighted by atomic mass is 10.1. The molecule has 0 fully saturated rings. The van der Waals surface area contributed by atoms with Crippen molar-refractivity contribution in [3.63, 3.8) is 0 Å². The molecule has 4 nitrogen and oxygen atoms in total. The van der Waals surface area contributed by atoms with Crippen LogP contribution in [0.4, 0.5) is 5.69 Å². The smallest absolute Gasteiger partial charge is 0.283 e. The number of rotatable bonds is 4. The summed E-state index contributed by atoms with van der Waals surface area (Å²) >= 11 is 3.18.